The number of rotatable bonds is 11. The molecule has 2 rings (SSSR count). The Kier molecular flexibility index (Phi) is 17.9. The minimum absolute atomic E-state index is 0.166. The lowest BCUT2D eigenvalue weighted by atomic mass is 9.78. The second-order valence-corrected chi connectivity index (χ2v) is 11.8. The molecule has 0 bridgehead atoms. The summed E-state index contributed by atoms with van der Waals surface area (Å²) in [5.74, 6) is 3.95. The van der Waals surface area contributed by atoms with Crippen LogP contribution in [0.25, 0.3) is 0 Å². The smallest absolute Gasteiger partial charge is 0.123 e. The van der Waals surface area contributed by atoms with Gasteiger partial charge in [0.15, 0.2) is 0 Å². The number of allylic oxidation sites excluding steroid dienone is 1. The fraction of sp³-hybridized carbons (Fsp3) is 0.639. The van der Waals surface area contributed by atoms with Crippen LogP contribution in [0.4, 0.5) is 0 Å². The van der Waals surface area contributed by atoms with E-state index < -0.39 is 0 Å². The van der Waals surface area contributed by atoms with Crippen molar-refractivity contribution in [3.63, 3.8) is 0 Å². The van der Waals surface area contributed by atoms with E-state index in [0.29, 0.717) is 6.42 Å². The summed E-state index contributed by atoms with van der Waals surface area (Å²) in [6.07, 6.45) is 8.21. The van der Waals surface area contributed by atoms with Gasteiger partial charge in [0.2, 0.25) is 0 Å². The molecule has 1 heterocycles. The molecule has 1 aromatic heterocycles. The van der Waals surface area contributed by atoms with Crippen molar-refractivity contribution in [2.45, 2.75) is 140 Å². The normalized spacial score (nSPS) is 10.9. The zero-order valence-electron chi connectivity index (χ0n) is 27.1. The lowest BCUT2D eigenvalue weighted by molar-refractivity contribution is 0.487. The van der Waals surface area contributed by atoms with Gasteiger partial charge in [-0.1, -0.05) is 131 Å². The maximum absolute atomic E-state index is 11.2. The first-order valence-corrected chi connectivity index (χ1v) is 15.2. The Balaban J connectivity index is 0.00000104. The maximum atomic E-state index is 11.2. The fourth-order valence-electron chi connectivity index (χ4n) is 4.02. The van der Waals surface area contributed by atoms with Crippen molar-refractivity contribution in [3.8, 4) is 0 Å². The lowest BCUT2D eigenvalue weighted by Crippen LogP contribution is -2.23. The molecule has 0 radical (unpaired) electrons. The van der Waals surface area contributed by atoms with Crippen LogP contribution in [0.3, 0.4) is 0 Å². The Morgan fingerprint density at radius 1 is 0.868 bits per heavy atom. The molecule has 0 aliphatic rings. The highest BCUT2D eigenvalue weighted by molar-refractivity contribution is 5.53. The quantitative estimate of drug-likeness (QED) is 0.275. The van der Waals surface area contributed by atoms with E-state index >= 15 is 0 Å². The molecule has 0 saturated heterocycles. The van der Waals surface area contributed by atoms with Crippen molar-refractivity contribution in [1.29, 1.82) is 0 Å². The van der Waals surface area contributed by atoms with Crippen LogP contribution in [0.2, 0.25) is 0 Å². The number of carbonyl (C=O) groups excluding carboxylic acids is 1. The summed E-state index contributed by atoms with van der Waals surface area (Å²) in [4.78, 5) is 16.3. The minimum Gasteiger partial charge on any atom is -0.257 e. The molecule has 1 aromatic carbocycles. The van der Waals surface area contributed by atoms with E-state index in [4.69, 9.17) is 4.98 Å². The Bertz CT molecular complexity index is 958. The molecule has 0 fully saturated rings. The van der Waals surface area contributed by atoms with Gasteiger partial charge >= 0.3 is 0 Å². The van der Waals surface area contributed by atoms with E-state index in [2.05, 4.69) is 112 Å². The minimum atomic E-state index is -0.166. The van der Waals surface area contributed by atoms with Crippen molar-refractivity contribution in [2.75, 3.05) is 0 Å². The number of benzene rings is 1. The third-order valence-electron chi connectivity index (χ3n) is 7.58. The van der Waals surface area contributed by atoms with E-state index in [9.17, 15) is 4.79 Å². The molecular formula is C36H59NO. The summed E-state index contributed by atoms with van der Waals surface area (Å²) in [7, 11) is 0. The Hall–Kier alpha value is -2.18. The van der Waals surface area contributed by atoms with Crippen molar-refractivity contribution in [1.82, 2.24) is 4.98 Å². The average molecular weight is 522 g/mol. The third-order valence-corrected chi connectivity index (χ3v) is 7.58. The molecule has 0 amide bonds. The van der Waals surface area contributed by atoms with Crippen LogP contribution < -0.4 is 0 Å². The van der Waals surface area contributed by atoms with Gasteiger partial charge in [0.1, 0.15) is 5.94 Å². The predicted molar refractivity (Wildman–Crippen MR) is 169 cm³/mol. The molecule has 0 spiro atoms. The first-order chi connectivity index (χ1) is 17.9. The molecule has 0 N–H and O–H groups in total. The van der Waals surface area contributed by atoms with E-state index in [1.807, 2.05) is 6.92 Å². The van der Waals surface area contributed by atoms with E-state index in [-0.39, 0.29) is 5.41 Å². The van der Waals surface area contributed by atoms with Gasteiger partial charge < -0.3 is 0 Å². The molecule has 2 aromatic rings. The average Bonchev–Trinajstić information content (AvgIpc) is 2.92. The van der Waals surface area contributed by atoms with Crippen LogP contribution in [-0.2, 0) is 29.5 Å². The molecule has 0 atom stereocenters. The first kappa shape index (κ1) is 35.8. The summed E-state index contributed by atoms with van der Waals surface area (Å²) in [6, 6.07) is 11.1. The lowest BCUT2D eigenvalue weighted by Gasteiger charge is -2.28. The van der Waals surface area contributed by atoms with Crippen LogP contribution in [0.5, 0.6) is 0 Å². The fourth-order valence-corrected chi connectivity index (χ4v) is 4.02. The zero-order chi connectivity index (χ0) is 29.3. The summed E-state index contributed by atoms with van der Waals surface area (Å²) in [5, 5.41) is 0. The molecule has 2 heteroatoms. The predicted octanol–water partition coefficient (Wildman–Crippen LogP) is 10.4. The van der Waals surface area contributed by atoms with Gasteiger partial charge in [-0.3, -0.25) is 4.98 Å². The summed E-state index contributed by atoms with van der Waals surface area (Å²) >= 11 is 0. The molecule has 0 saturated carbocycles. The number of hydrogen-bond acceptors (Lipinski definition) is 2. The number of hydrogen-bond donors (Lipinski definition) is 0. The maximum Gasteiger partial charge on any atom is 0.123 e. The number of pyridine rings is 1. The van der Waals surface area contributed by atoms with Gasteiger partial charge in [-0.25, -0.2) is 4.79 Å². The van der Waals surface area contributed by atoms with Crippen LogP contribution >= 0.6 is 0 Å². The third kappa shape index (κ3) is 13.1. The second-order valence-electron chi connectivity index (χ2n) is 11.8. The van der Waals surface area contributed by atoms with Gasteiger partial charge in [-0.05, 0) is 67.6 Å². The number of aryl methyl sites for hydroxylation is 3. The van der Waals surface area contributed by atoms with Gasteiger partial charge in [0, 0.05) is 22.4 Å². The highest BCUT2D eigenvalue weighted by atomic mass is 16.1. The largest absolute Gasteiger partial charge is 0.257 e. The van der Waals surface area contributed by atoms with Crippen molar-refractivity contribution < 1.29 is 4.79 Å². The van der Waals surface area contributed by atoms with Crippen LogP contribution in [0, 0.1) is 18.8 Å². The van der Waals surface area contributed by atoms with Crippen LogP contribution in [-0.4, -0.2) is 10.9 Å². The van der Waals surface area contributed by atoms with E-state index in [1.165, 1.54) is 47.2 Å². The number of aromatic nitrogens is 1. The van der Waals surface area contributed by atoms with E-state index in [0.717, 1.165) is 48.8 Å². The highest BCUT2D eigenvalue weighted by Gasteiger charge is 2.27. The van der Waals surface area contributed by atoms with E-state index in [1.54, 1.807) is 0 Å². The molecule has 38 heavy (non-hydrogen) atoms. The SMILES string of the molecule is CCC(=C=O)CC(C)(C)c1nc(CC)c(Cc2ccc(C)cc2)cc1CC.CCC(C)C.CCC(C)CC. The van der Waals surface area contributed by atoms with Crippen molar-refractivity contribution in [2.24, 2.45) is 11.8 Å². The topological polar surface area (TPSA) is 30.0 Å². The second kappa shape index (κ2) is 19.0. The van der Waals surface area contributed by atoms with Gasteiger partial charge in [0.25, 0.3) is 0 Å². The highest BCUT2D eigenvalue weighted by Crippen LogP contribution is 2.33. The van der Waals surface area contributed by atoms with Crippen molar-refractivity contribution in [3.05, 3.63) is 69.5 Å². The summed E-state index contributed by atoms with van der Waals surface area (Å²) in [6.45, 7) is 26.3. The monoisotopic (exact) mass is 521 g/mol. The molecule has 0 aliphatic carbocycles. The van der Waals surface area contributed by atoms with Crippen LogP contribution in [0.1, 0.15) is 142 Å². The van der Waals surface area contributed by atoms with Crippen LogP contribution in [0.15, 0.2) is 35.9 Å². The zero-order valence-corrected chi connectivity index (χ0v) is 27.1. The molecule has 0 aliphatic heterocycles. The Labute approximate surface area is 236 Å². The standard InChI is InChI=1S/C25H33NO.C6H14.C5H12/c1-7-19(17-27)16-25(5,6)24-21(8-2)15-22(23(9-3)26-24)14-20-12-10-18(4)11-13-20;1-4-6(3)5-2;1-4-5(2)3/h10-13,15H,7-9,14,16H2,1-6H3;6H,4-5H2,1-3H3;5H,4H2,1-3H3. The van der Waals surface area contributed by atoms with Crippen molar-refractivity contribution >= 4 is 5.94 Å². The summed E-state index contributed by atoms with van der Waals surface area (Å²) in [5.41, 5.74) is 8.20. The van der Waals surface area contributed by atoms with Gasteiger partial charge in [-0.15, -0.1) is 0 Å². The molecule has 2 nitrogen and oxygen atoms in total. The molecule has 214 valence electrons. The Morgan fingerprint density at radius 3 is 1.79 bits per heavy atom. The number of nitrogens with zero attached hydrogens (tertiary/aromatic N) is 1. The molecular weight excluding hydrogens is 462 g/mol. The van der Waals surface area contributed by atoms with Gasteiger partial charge in [-0.2, -0.15) is 0 Å². The first-order valence-electron chi connectivity index (χ1n) is 15.2. The van der Waals surface area contributed by atoms with Gasteiger partial charge in [0.05, 0.1) is 0 Å². The Morgan fingerprint density at radius 2 is 1.42 bits per heavy atom. The molecule has 0 unspecified atom stereocenters. The summed E-state index contributed by atoms with van der Waals surface area (Å²) < 4.78 is 0.